The monoisotopic (exact) mass is 296 g/mol. The van der Waals surface area contributed by atoms with Crippen LogP contribution in [-0.2, 0) is 17.8 Å². The Labute approximate surface area is 120 Å². The van der Waals surface area contributed by atoms with Crippen molar-refractivity contribution in [1.82, 2.24) is 9.78 Å². The molecule has 0 fully saturated rings. The van der Waals surface area contributed by atoms with Gasteiger partial charge in [0.25, 0.3) is 0 Å². The van der Waals surface area contributed by atoms with Gasteiger partial charge in [0.05, 0.1) is 23.7 Å². The maximum atomic E-state index is 13.1. The molecule has 0 saturated carbocycles. The van der Waals surface area contributed by atoms with Gasteiger partial charge in [-0.3, -0.25) is 9.48 Å². The lowest BCUT2D eigenvalue weighted by molar-refractivity contribution is -0.136. The molecule has 0 aliphatic heterocycles. The highest BCUT2D eigenvalue weighted by Gasteiger charge is 2.14. The third-order valence-electron chi connectivity index (χ3n) is 3.18. The third-order valence-corrected chi connectivity index (χ3v) is 3.47. The standard InChI is InChI=1S/C14H14ClFN2O2/c1-8-11(6-14(19)20)9(2)18(17-8)7-10-3-4-13(16)12(15)5-10/h3-5H,6-7H2,1-2H3,(H,19,20). The van der Waals surface area contributed by atoms with E-state index in [1.165, 1.54) is 6.07 Å². The molecule has 1 aromatic carbocycles. The minimum Gasteiger partial charge on any atom is -0.481 e. The van der Waals surface area contributed by atoms with Gasteiger partial charge in [-0.1, -0.05) is 17.7 Å². The molecule has 2 rings (SSSR count). The van der Waals surface area contributed by atoms with Gasteiger partial charge in [-0.05, 0) is 31.5 Å². The molecule has 0 unspecified atom stereocenters. The number of nitrogens with zero attached hydrogens (tertiary/aromatic N) is 2. The van der Waals surface area contributed by atoms with E-state index in [-0.39, 0.29) is 11.4 Å². The largest absolute Gasteiger partial charge is 0.481 e. The SMILES string of the molecule is Cc1nn(Cc2ccc(F)c(Cl)c2)c(C)c1CC(=O)O. The molecule has 4 nitrogen and oxygen atoms in total. The van der Waals surface area contributed by atoms with Crippen molar-refractivity contribution in [3.05, 3.63) is 51.6 Å². The van der Waals surface area contributed by atoms with Gasteiger partial charge in [0.1, 0.15) is 5.82 Å². The highest BCUT2D eigenvalue weighted by Crippen LogP contribution is 2.19. The summed E-state index contributed by atoms with van der Waals surface area (Å²) in [7, 11) is 0. The third kappa shape index (κ3) is 2.99. The van der Waals surface area contributed by atoms with Crippen molar-refractivity contribution < 1.29 is 14.3 Å². The molecule has 0 radical (unpaired) electrons. The van der Waals surface area contributed by atoms with Crippen molar-refractivity contribution in [3.63, 3.8) is 0 Å². The smallest absolute Gasteiger partial charge is 0.307 e. The first-order chi connectivity index (χ1) is 9.38. The van der Waals surface area contributed by atoms with E-state index in [2.05, 4.69) is 5.10 Å². The summed E-state index contributed by atoms with van der Waals surface area (Å²) in [6.07, 6.45) is -0.0537. The van der Waals surface area contributed by atoms with Gasteiger partial charge >= 0.3 is 5.97 Å². The second-order valence-electron chi connectivity index (χ2n) is 4.63. The normalized spacial score (nSPS) is 10.8. The van der Waals surface area contributed by atoms with Crippen LogP contribution in [0, 0.1) is 19.7 Å². The fourth-order valence-electron chi connectivity index (χ4n) is 2.11. The van der Waals surface area contributed by atoms with E-state index in [9.17, 15) is 9.18 Å². The molecule has 0 aliphatic carbocycles. The summed E-state index contributed by atoms with van der Waals surface area (Å²) in [5, 5.41) is 13.3. The van der Waals surface area contributed by atoms with Crippen LogP contribution in [0.2, 0.25) is 5.02 Å². The van der Waals surface area contributed by atoms with Crippen molar-refractivity contribution in [1.29, 1.82) is 0 Å². The molecule has 0 atom stereocenters. The second-order valence-corrected chi connectivity index (χ2v) is 5.03. The minimum absolute atomic E-state index is 0.0537. The lowest BCUT2D eigenvalue weighted by atomic mass is 10.1. The van der Waals surface area contributed by atoms with Crippen molar-refractivity contribution >= 4 is 17.6 Å². The zero-order valence-corrected chi connectivity index (χ0v) is 11.9. The predicted octanol–water partition coefficient (Wildman–Crippen LogP) is 2.97. The van der Waals surface area contributed by atoms with Crippen LogP contribution in [0.1, 0.15) is 22.5 Å². The number of aryl methyl sites for hydroxylation is 1. The zero-order chi connectivity index (χ0) is 14.9. The van der Waals surface area contributed by atoms with Crippen LogP contribution >= 0.6 is 11.6 Å². The number of carboxylic acids is 1. The van der Waals surface area contributed by atoms with Gasteiger partial charge in [-0.25, -0.2) is 4.39 Å². The van der Waals surface area contributed by atoms with Crippen molar-refractivity contribution in [2.24, 2.45) is 0 Å². The van der Waals surface area contributed by atoms with E-state index in [1.54, 1.807) is 23.7 Å². The summed E-state index contributed by atoms with van der Waals surface area (Å²) in [6.45, 7) is 4.02. The Morgan fingerprint density at radius 1 is 1.45 bits per heavy atom. The average Bonchev–Trinajstić information content (AvgIpc) is 2.61. The van der Waals surface area contributed by atoms with Gasteiger partial charge in [-0.2, -0.15) is 5.10 Å². The number of benzene rings is 1. The molecule has 0 spiro atoms. The lowest BCUT2D eigenvalue weighted by Crippen LogP contribution is -2.06. The number of carboxylic acid groups (broad SMARTS) is 1. The van der Waals surface area contributed by atoms with E-state index >= 15 is 0 Å². The Bertz CT molecular complexity index is 667. The number of halogens is 2. The molecule has 1 aromatic heterocycles. The molecular formula is C14H14ClFN2O2. The van der Waals surface area contributed by atoms with Crippen molar-refractivity contribution in [2.45, 2.75) is 26.8 Å². The highest BCUT2D eigenvalue weighted by atomic mass is 35.5. The molecule has 1 heterocycles. The number of aliphatic carboxylic acids is 1. The Balaban J connectivity index is 2.29. The lowest BCUT2D eigenvalue weighted by Gasteiger charge is -2.06. The minimum atomic E-state index is -0.888. The summed E-state index contributed by atoms with van der Waals surface area (Å²) in [6, 6.07) is 4.49. The summed E-state index contributed by atoms with van der Waals surface area (Å²) < 4.78 is 14.8. The summed E-state index contributed by atoms with van der Waals surface area (Å²) in [5.74, 6) is -1.35. The molecule has 1 N–H and O–H groups in total. The van der Waals surface area contributed by atoms with E-state index < -0.39 is 11.8 Å². The van der Waals surface area contributed by atoms with Crippen LogP contribution in [0.3, 0.4) is 0 Å². The molecule has 0 saturated heterocycles. The number of rotatable bonds is 4. The fraction of sp³-hybridized carbons (Fsp3) is 0.286. The fourth-order valence-corrected chi connectivity index (χ4v) is 2.31. The number of carbonyl (C=O) groups is 1. The number of aromatic nitrogens is 2. The Hall–Kier alpha value is -1.88. The van der Waals surface area contributed by atoms with Gasteiger partial charge in [-0.15, -0.1) is 0 Å². The Morgan fingerprint density at radius 3 is 2.75 bits per heavy atom. The topological polar surface area (TPSA) is 55.1 Å². The van der Waals surface area contributed by atoms with E-state index in [4.69, 9.17) is 16.7 Å². The molecule has 2 aromatic rings. The summed E-state index contributed by atoms with van der Waals surface area (Å²) >= 11 is 5.74. The Kier molecular flexibility index (Phi) is 4.09. The number of hydrogen-bond donors (Lipinski definition) is 1. The highest BCUT2D eigenvalue weighted by molar-refractivity contribution is 6.30. The first-order valence-corrected chi connectivity index (χ1v) is 6.45. The quantitative estimate of drug-likeness (QED) is 0.943. The van der Waals surface area contributed by atoms with Gasteiger partial charge in [0.15, 0.2) is 0 Å². The first-order valence-electron chi connectivity index (χ1n) is 6.07. The molecule has 6 heteroatoms. The van der Waals surface area contributed by atoms with Gasteiger partial charge in [0.2, 0.25) is 0 Å². The van der Waals surface area contributed by atoms with Crippen LogP contribution in [-0.4, -0.2) is 20.9 Å². The second kappa shape index (κ2) is 5.63. The van der Waals surface area contributed by atoms with Gasteiger partial charge < -0.3 is 5.11 Å². The molecule has 106 valence electrons. The maximum absolute atomic E-state index is 13.1. The maximum Gasteiger partial charge on any atom is 0.307 e. The Morgan fingerprint density at radius 2 is 2.15 bits per heavy atom. The molecule has 0 aliphatic rings. The van der Waals surface area contributed by atoms with Crippen LogP contribution in [0.4, 0.5) is 4.39 Å². The molecule has 0 amide bonds. The van der Waals surface area contributed by atoms with E-state index in [0.29, 0.717) is 17.8 Å². The molecule has 20 heavy (non-hydrogen) atoms. The predicted molar refractivity (Wildman–Crippen MR) is 73.6 cm³/mol. The summed E-state index contributed by atoms with van der Waals surface area (Å²) in [5.41, 5.74) is 3.01. The van der Waals surface area contributed by atoms with Crippen molar-refractivity contribution in [2.75, 3.05) is 0 Å². The van der Waals surface area contributed by atoms with Crippen LogP contribution in [0.15, 0.2) is 18.2 Å². The van der Waals surface area contributed by atoms with Crippen LogP contribution in [0.25, 0.3) is 0 Å². The molecular weight excluding hydrogens is 283 g/mol. The zero-order valence-electron chi connectivity index (χ0n) is 11.2. The van der Waals surface area contributed by atoms with E-state index in [0.717, 1.165) is 11.3 Å². The summed E-state index contributed by atoms with van der Waals surface area (Å²) in [4.78, 5) is 10.8. The van der Waals surface area contributed by atoms with Crippen molar-refractivity contribution in [3.8, 4) is 0 Å². The van der Waals surface area contributed by atoms with Crippen LogP contribution in [0.5, 0.6) is 0 Å². The van der Waals surface area contributed by atoms with E-state index in [1.807, 2.05) is 6.92 Å². The molecule has 0 bridgehead atoms. The first kappa shape index (κ1) is 14.5. The number of hydrogen-bond acceptors (Lipinski definition) is 2. The van der Waals surface area contributed by atoms with Gasteiger partial charge in [0, 0.05) is 11.3 Å². The van der Waals surface area contributed by atoms with Crippen LogP contribution < -0.4 is 0 Å². The average molecular weight is 297 g/mol.